The van der Waals surface area contributed by atoms with E-state index in [0.29, 0.717) is 16.5 Å². The number of phenols is 3. The smallest absolute Gasteiger partial charge is 0.149 e. The van der Waals surface area contributed by atoms with Crippen LogP contribution < -0.4 is 10.9 Å². The number of hydrogen-bond donors (Lipinski definition) is 3. The molecule has 7 aromatic rings. The molecule has 0 heterocycles. The van der Waals surface area contributed by atoms with Gasteiger partial charge in [0, 0.05) is 5.56 Å². The van der Waals surface area contributed by atoms with Crippen LogP contribution in [0.15, 0.2) is 115 Å². The molecule has 3 N–H and O–H groups in total. The van der Waals surface area contributed by atoms with E-state index in [4.69, 9.17) is 0 Å². The zero-order chi connectivity index (χ0) is 28.2. The van der Waals surface area contributed by atoms with Gasteiger partial charge in [-0.3, -0.25) is 0 Å². The van der Waals surface area contributed by atoms with Crippen LogP contribution in [-0.4, -0.2) is 31.0 Å². The van der Waals surface area contributed by atoms with Crippen LogP contribution in [0.1, 0.15) is 0 Å². The van der Waals surface area contributed by atoms with Gasteiger partial charge in [0.1, 0.15) is 32.9 Å². The summed E-state index contributed by atoms with van der Waals surface area (Å²) in [5.74, 6) is -0.332. The lowest BCUT2D eigenvalue weighted by Gasteiger charge is -2.21. The van der Waals surface area contributed by atoms with Gasteiger partial charge in [-0.05, 0) is 65.5 Å². The lowest BCUT2D eigenvalue weighted by molar-refractivity contribution is 0.442. The summed E-state index contributed by atoms with van der Waals surface area (Å²) in [6.07, 6.45) is 0. The van der Waals surface area contributed by atoms with Crippen LogP contribution in [0.5, 0.6) is 17.2 Å². The molecule has 0 amide bonds. The first kappa shape index (κ1) is 24.9. The van der Waals surface area contributed by atoms with E-state index in [0.717, 1.165) is 43.8 Å². The van der Waals surface area contributed by atoms with E-state index in [1.807, 2.05) is 36.4 Å². The van der Waals surface area contributed by atoms with Crippen LogP contribution >= 0.6 is 0 Å². The second kappa shape index (κ2) is 9.50. The molecule has 0 spiro atoms. The molecule has 7 aromatic carbocycles. The standard InChI is InChI=1S/C36H26B2O3/c37-32-34(39)31(35(40)33(38)36(32)41)30-27-13-5-3-11-25(27)29(26-12-4-6-14-28(26)30)22-18-16-21(17-19-22)24-15-7-9-20-8-1-2-10-23(20)24/h1-19,39-41H,37-38H2. The van der Waals surface area contributed by atoms with Crippen molar-refractivity contribution in [1.29, 1.82) is 0 Å². The third kappa shape index (κ3) is 3.77. The Bertz CT molecular complexity index is 2060. The Hall–Kier alpha value is -5.15. The fraction of sp³-hybridized carbons (Fsp3) is 0. The predicted molar refractivity (Wildman–Crippen MR) is 177 cm³/mol. The highest BCUT2D eigenvalue weighted by Gasteiger charge is 2.24. The summed E-state index contributed by atoms with van der Waals surface area (Å²) in [5, 5.41) is 39.3. The first-order valence-electron chi connectivity index (χ1n) is 13.7. The van der Waals surface area contributed by atoms with E-state index >= 15 is 0 Å². The first-order chi connectivity index (χ1) is 20.0. The highest BCUT2D eigenvalue weighted by atomic mass is 16.3. The maximum atomic E-state index is 11.2. The SMILES string of the molecule is Bc1c(O)c(B)c(O)c(-c2c3ccccc3c(-c3ccc(-c4cccc5ccccc45)cc3)c3ccccc23)c1O. The molecule has 0 saturated carbocycles. The molecular weight excluding hydrogens is 502 g/mol. The van der Waals surface area contributed by atoms with Crippen molar-refractivity contribution >= 4 is 58.9 Å². The summed E-state index contributed by atoms with van der Waals surface area (Å²) in [4.78, 5) is 0. The molecule has 0 bridgehead atoms. The normalized spacial score (nSPS) is 11.4. The first-order valence-corrected chi connectivity index (χ1v) is 13.7. The molecule has 5 heteroatoms. The lowest BCUT2D eigenvalue weighted by Crippen LogP contribution is -2.17. The molecule has 0 unspecified atom stereocenters. The van der Waals surface area contributed by atoms with Crippen LogP contribution in [-0.2, 0) is 0 Å². The van der Waals surface area contributed by atoms with Gasteiger partial charge in [0.15, 0.2) is 0 Å². The van der Waals surface area contributed by atoms with Crippen molar-refractivity contribution in [3.8, 4) is 50.6 Å². The number of rotatable bonds is 3. The molecule has 194 valence electrons. The van der Waals surface area contributed by atoms with Gasteiger partial charge in [-0.25, -0.2) is 0 Å². The van der Waals surface area contributed by atoms with E-state index in [9.17, 15) is 15.3 Å². The van der Waals surface area contributed by atoms with Gasteiger partial charge in [0.25, 0.3) is 0 Å². The minimum absolute atomic E-state index is 0.0970. The van der Waals surface area contributed by atoms with Crippen molar-refractivity contribution in [1.82, 2.24) is 0 Å². The molecule has 3 nitrogen and oxygen atoms in total. The predicted octanol–water partition coefficient (Wildman–Crippen LogP) is 5.78. The molecule has 0 aromatic heterocycles. The Morgan fingerprint density at radius 1 is 0.366 bits per heavy atom. The second-order valence-electron chi connectivity index (χ2n) is 10.6. The monoisotopic (exact) mass is 528 g/mol. The van der Waals surface area contributed by atoms with Gasteiger partial charge in [-0.15, -0.1) is 0 Å². The number of phenolic OH excluding ortho intramolecular Hbond substituents is 3. The lowest BCUT2D eigenvalue weighted by atomic mass is 9.78. The average molecular weight is 528 g/mol. The minimum atomic E-state index is -0.118. The Balaban J connectivity index is 1.51. The van der Waals surface area contributed by atoms with Gasteiger partial charge in [-0.2, -0.15) is 0 Å². The van der Waals surface area contributed by atoms with Crippen molar-refractivity contribution in [2.45, 2.75) is 0 Å². The minimum Gasteiger partial charge on any atom is -0.509 e. The van der Waals surface area contributed by atoms with Crippen LogP contribution in [0.2, 0.25) is 0 Å². The van der Waals surface area contributed by atoms with E-state index < -0.39 is 0 Å². The fourth-order valence-electron chi connectivity index (χ4n) is 6.23. The molecule has 0 aliphatic heterocycles. The van der Waals surface area contributed by atoms with Crippen LogP contribution in [0, 0.1) is 0 Å². The summed E-state index contributed by atoms with van der Waals surface area (Å²) in [5.41, 5.74) is 6.30. The topological polar surface area (TPSA) is 60.7 Å². The van der Waals surface area contributed by atoms with Crippen molar-refractivity contribution in [2.75, 3.05) is 0 Å². The largest absolute Gasteiger partial charge is 0.509 e. The molecule has 0 radical (unpaired) electrons. The summed E-state index contributed by atoms with van der Waals surface area (Å²) in [6.45, 7) is 0. The molecular formula is C36H26B2O3. The molecule has 7 rings (SSSR count). The van der Waals surface area contributed by atoms with Gasteiger partial charge in [0.2, 0.25) is 0 Å². The molecule has 0 aliphatic carbocycles. The summed E-state index contributed by atoms with van der Waals surface area (Å²) >= 11 is 0. The quantitative estimate of drug-likeness (QED) is 0.201. The van der Waals surface area contributed by atoms with Crippen LogP contribution in [0.25, 0.3) is 65.7 Å². The zero-order valence-electron chi connectivity index (χ0n) is 22.8. The van der Waals surface area contributed by atoms with E-state index in [1.165, 1.54) is 16.3 Å². The number of aromatic hydroxyl groups is 3. The van der Waals surface area contributed by atoms with E-state index in [1.54, 1.807) is 15.7 Å². The van der Waals surface area contributed by atoms with Gasteiger partial charge in [-0.1, -0.05) is 115 Å². The Labute approximate surface area is 239 Å². The number of benzene rings is 7. The fourth-order valence-corrected chi connectivity index (χ4v) is 6.23. The number of fused-ring (bicyclic) bond motifs is 3. The third-order valence-corrected chi connectivity index (χ3v) is 8.35. The highest BCUT2D eigenvalue weighted by molar-refractivity contribution is 6.45. The Morgan fingerprint density at radius 2 is 0.805 bits per heavy atom. The van der Waals surface area contributed by atoms with Crippen LogP contribution in [0.4, 0.5) is 0 Å². The molecule has 0 saturated heterocycles. The molecule has 0 aliphatic rings. The zero-order valence-corrected chi connectivity index (χ0v) is 22.8. The third-order valence-electron chi connectivity index (χ3n) is 8.35. The van der Waals surface area contributed by atoms with Crippen molar-refractivity contribution in [2.24, 2.45) is 0 Å². The van der Waals surface area contributed by atoms with Gasteiger partial charge < -0.3 is 15.3 Å². The van der Waals surface area contributed by atoms with Gasteiger partial charge in [0.05, 0.1) is 5.56 Å². The average Bonchev–Trinajstić information content (AvgIpc) is 3.02. The summed E-state index contributed by atoms with van der Waals surface area (Å²) < 4.78 is 0. The maximum absolute atomic E-state index is 11.2. The van der Waals surface area contributed by atoms with E-state index in [2.05, 4.69) is 78.9 Å². The van der Waals surface area contributed by atoms with Crippen LogP contribution in [0.3, 0.4) is 0 Å². The second-order valence-corrected chi connectivity index (χ2v) is 10.6. The van der Waals surface area contributed by atoms with Crippen molar-refractivity contribution < 1.29 is 15.3 Å². The number of hydrogen-bond acceptors (Lipinski definition) is 3. The molecule has 0 fully saturated rings. The van der Waals surface area contributed by atoms with Crippen molar-refractivity contribution in [3.63, 3.8) is 0 Å². The van der Waals surface area contributed by atoms with Crippen molar-refractivity contribution in [3.05, 3.63) is 115 Å². The summed E-state index contributed by atoms with van der Waals surface area (Å²) in [6, 6.07) is 39.8. The molecule has 41 heavy (non-hydrogen) atoms. The molecule has 0 atom stereocenters. The summed E-state index contributed by atoms with van der Waals surface area (Å²) in [7, 11) is 3.33. The maximum Gasteiger partial charge on any atom is 0.149 e. The Morgan fingerprint density at radius 3 is 1.37 bits per heavy atom. The van der Waals surface area contributed by atoms with Gasteiger partial charge >= 0.3 is 0 Å². The van der Waals surface area contributed by atoms with E-state index in [-0.39, 0.29) is 17.2 Å². The Kier molecular flexibility index (Phi) is 5.76. The highest BCUT2D eigenvalue weighted by Crippen LogP contribution is 2.48.